The van der Waals surface area contributed by atoms with Gasteiger partial charge in [-0.3, -0.25) is 28.9 Å². The van der Waals surface area contributed by atoms with Crippen LogP contribution in [-0.2, 0) is 51.2 Å². The Hall–Kier alpha value is -5.02. The van der Waals surface area contributed by atoms with E-state index in [1.807, 2.05) is 102 Å². The van der Waals surface area contributed by atoms with Crippen molar-refractivity contribution < 1.29 is 43.0 Å². The Morgan fingerprint density at radius 3 is 1.90 bits per heavy atom. The third-order valence-electron chi connectivity index (χ3n) is 12.5. The third kappa shape index (κ3) is 14.2. The van der Waals surface area contributed by atoms with Crippen molar-refractivity contribution in [2.24, 2.45) is 23.7 Å². The van der Waals surface area contributed by atoms with Crippen LogP contribution in [0.2, 0.25) is 0 Å². The summed E-state index contributed by atoms with van der Waals surface area (Å²) in [5, 5.41) is 8.52. The maximum Gasteiger partial charge on any atom is 0.410 e. The predicted octanol–water partition coefficient (Wildman–Crippen LogP) is 4.81. The summed E-state index contributed by atoms with van der Waals surface area (Å²) in [6, 6.07) is 15.0. The van der Waals surface area contributed by atoms with E-state index >= 15 is 0 Å². The zero-order chi connectivity index (χ0) is 47.0. The minimum Gasteiger partial charge on any atom is -0.445 e. The van der Waals surface area contributed by atoms with Gasteiger partial charge in [-0.25, -0.2) is 4.79 Å². The molecule has 1 fully saturated rings. The Morgan fingerprint density at radius 2 is 1.38 bits per heavy atom. The molecule has 0 radical (unpaired) electrons. The lowest BCUT2D eigenvalue weighted by molar-refractivity contribution is -0.148. The molecule has 3 N–H and O–H groups in total. The van der Waals surface area contributed by atoms with E-state index < -0.39 is 60.3 Å². The molecule has 1 aliphatic rings. The van der Waals surface area contributed by atoms with Crippen LogP contribution in [0, 0.1) is 23.7 Å². The van der Waals surface area contributed by atoms with Crippen molar-refractivity contribution in [2.75, 3.05) is 41.9 Å². The molecule has 0 aromatic heterocycles. The second-order valence-corrected chi connectivity index (χ2v) is 17.5. The Labute approximate surface area is 375 Å². The molecule has 63 heavy (non-hydrogen) atoms. The average Bonchev–Trinajstić information content (AvgIpc) is 3.76. The van der Waals surface area contributed by atoms with Crippen LogP contribution in [0.15, 0.2) is 60.7 Å². The first-order valence-corrected chi connectivity index (χ1v) is 22.3. The van der Waals surface area contributed by atoms with Gasteiger partial charge in [-0.2, -0.15) is 0 Å². The number of nitrogens with zero attached hydrogens (tertiary/aromatic N) is 3. The van der Waals surface area contributed by atoms with Gasteiger partial charge >= 0.3 is 6.09 Å². The van der Waals surface area contributed by atoms with Gasteiger partial charge in [-0.05, 0) is 41.7 Å². The predicted molar refractivity (Wildman–Crippen MR) is 242 cm³/mol. The van der Waals surface area contributed by atoms with Gasteiger partial charge in [0.25, 0.3) is 0 Å². The molecule has 1 heterocycles. The van der Waals surface area contributed by atoms with Crippen molar-refractivity contribution in [3.05, 3.63) is 71.8 Å². The van der Waals surface area contributed by atoms with Gasteiger partial charge in [0.2, 0.25) is 29.5 Å². The van der Waals surface area contributed by atoms with E-state index in [4.69, 9.17) is 14.2 Å². The maximum absolute atomic E-state index is 14.5. The van der Waals surface area contributed by atoms with Crippen molar-refractivity contribution in [2.45, 2.75) is 130 Å². The molecule has 2 unspecified atom stereocenters. The number of hydrogen-bond donors (Lipinski definition) is 3. The second kappa shape index (κ2) is 25.3. The highest BCUT2D eigenvalue weighted by Crippen LogP contribution is 2.30. The van der Waals surface area contributed by atoms with E-state index in [0.29, 0.717) is 32.2 Å². The Balaban J connectivity index is 1.77. The molecule has 0 saturated carbocycles. The highest BCUT2D eigenvalue weighted by Gasteiger charge is 2.44. The van der Waals surface area contributed by atoms with E-state index in [-0.39, 0.29) is 54.4 Å². The molecule has 2 aromatic carbocycles. The maximum atomic E-state index is 14.5. The molecule has 1 aliphatic heterocycles. The van der Waals surface area contributed by atoms with Gasteiger partial charge in [0, 0.05) is 48.3 Å². The molecule has 0 spiro atoms. The first-order valence-electron chi connectivity index (χ1n) is 22.3. The SMILES string of the molecule is CCC(C)[C@@H]([C@@H](CC(=O)N1CCC[C@H]1[C@H](OC)[C@@H](C)C(=O)NC(Cc1ccccc1)C(=O)NC)OC)N(C)C(=O)[C@@H](NC(=O)[C@H](C(C)C)N(C)C(=O)OCc1ccccc1)C(C)C. The lowest BCUT2D eigenvalue weighted by Crippen LogP contribution is -2.60. The number of likely N-dealkylation sites (N-methyl/N-ethyl adjacent to an activating group) is 3. The largest absolute Gasteiger partial charge is 0.445 e. The highest BCUT2D eigenvalue weighted by molar-refractivity contribution is 5.92. The lowest BCUT2D eigenvalue weighted by Gasteiger charge is -2.41. The van der Waals surface area contributed by atoms with E-state index in [1.165, 1.54) is 33.2 Å². The molecule has 0 aliphatic carbocycles. The summed E-state index contributed by atoms with van der Waals surface area (Å²) in [4.78, 5) is 87.3. The normalized spacial score (nSPS) is 17.7. The fourth-order valence-corrected chi connectivity index (χ4v) is 8.67. The monoisotopic (exact) mass is 879 g/mol. The summed E-state index contributed by atoms with van der Waals surface area (Å²) in [6.45, 7) is 13.6. The lowest BCUT2D eigenvalue weighted by atomic mass is 9.89. The molecule has 6 amide bonds. The zero-order valence-corrected chi connectivity index (χ0v) is 39.6. The molecule has 15 heteroatoms. The number of carbonyl (C=O) groups is 6. The standard InChI is InChI=1S/C48H74N6O9/c1-13-32(6)42(52(9)47(59)40(30(2)3)51-46(58)41(31(4)5)53(10)48(60)63-29-35-23-18-15-19-24-35)38(61-11)28-39(55)54-26-20-25-37(54)43(62-12)33(7)44(56)50-36(45(57)49-8)27-34-21-16-14-17-22-34/h14-19,21-24,30-33,36-38,40-43H,13,20,25-29H2,1-12H3,(H,49,57)(H,50,56)(H,51,58)/t32?,33-,36?,37+,38-,40+,41+,42+,43-/m1/s1. The summed E-state index contributed by atoms with van der Waals surface area (Å²) < 4.78 is 17.5. The fourth-order valence-electron chi connectivity index (χ4n) is 8.67. The van der Waals surface area contributed by atoms with Gasteiger partial charge in [-0.1, -0.05) is 116 Å². The first kappa shape index (κ1) is 52.3. The molecule has 0 bridgehead atoms. The van der Waals surface area contributed by atoms with Gasteiger partial charge in [-0.15, -0.1) is 0 Å². The number of methoxy groups -OCH3 is 2. The highest BCUT2D eigenvalue weighted by atomic mass is 16.6. The molecule has 1 saturated heterocycles. The molecule has 350 valence electrons. The minimum atomic E-state index is -0.953. The Morgan fingerprint density at radius 1 is 0.778 bits per heavy atom. The quantitative estimate of drug-likeness (QED) is 0.142. The van der Waals surface area contributed by atoms with E-state index in [0.717, 1.165) is 11.1 Å². The number of rotatable bonds is 23. The van der Waals surface area contributed by atoms with Gasteiger partial charge in [0.15, 0.2) is 0 Å². The van der Waals surface area contributed by atoms with E-state index in [9.17, 15) is 28.8 Å². The Bertz CT molecular complexity index is 1780. The molecule has 3 rings (SSSR count). The van der Waals surface area contributed by atoms with Crippen LogP contribution in [0.3, 0.4) is 0 Å². The van der Waals surface area contributed by atoms with Gasteiger partial charge in [0.1, 0.15) is 24.7 Å². The number of ether oxygens (including phenoxy) is 3. The van der Waals surface area contributed by atoms with Crippen LogP contribution in [0.25, 0.3) is 0 Å². The number of amides is 6. The van der Waals surface area contributed by atoms with Crippen molar-refractivity contribution in [3.8, 4) is 0 Å². The number of nitrogens with one attached hydrogen (secondary N) is 3. The van der Waals surface area contributed by atoms with Crippen LogP contribution in [0.1, 0.15) is 85.3 Å². The second-order valence-electron chi connectivity index (χ2n) is 17.5. The smallest absolute Gasteiger partial charge is 0.410 e. The van der Waals surface area contributed by atoms with Gasteiger partial charge in [0.05, 0.1) is 36.6 Å². The minimum absolute atomic E-state index is 0.0452. The Kier molecular flexibility index (Phi) is 21.0. The van der Waals surface area contributed by atoms with Gasteiger partial charge < -0.3 is 40.0 Å². The molecular formula is C48H74N6O9. The van der Waals surface area contributed by atoms with Crippen LogP contribution in [-0.4, -0.2) is 135 Å². The fraction of sp³-hybridized carbons (Fsp3) is 0.625. The van der Waals surface area contributed by atoms with Crippen LogP contribution in [0.5, 0.6) is 0 Å². The van der Waals surface area contributed by atoms with E-state index in [1.54, 1.807) is 23.8 Å². The van der Waals surface area contributed by atoms with E-state index in [2.05, 4.69) is 16.0 Å². The number of hydrogen-bond acceptors (Lipinski definition) is 9. The van der Waals surface area contributed by atoms with Crippen molar-refractivity contribution in [1.82, 2.24) is 30.7 Å². The number of likely N-dealkylation sites (tertiary alicyclic amines) is 1. The molecule has 9 atom stereocenters. The zero-order valence-electron chi connectivity index (χ0n) is 39.6. The summed E-state index contributed by atoms with van der Waals surface area (Å²) >= 11 is 0. The molecule has 15 nitrogen and oxygen atoms in total. The van der Waals surface area contributed by atoms with Crippen molar-refractivity contribution >= 4 is 35.6 Å². The summed E-state index contributed by atoms with van der Waals surface area (Å²) in [6.07, 6.45) is 0.217. The van der Waals surface area contributed by atoms with Crippen LogP contribution in [0.4, 0.5) is 4.79 Å². The topological polar surface area (TPSA) is 176 Å². The molecular weight excluding hydrogens is 805 g/mol. The summed E-state index contributed by atoms with van der Waals surface area (Å²) in [5.74, 6) is -3.16. The number of carbonyl (C=O) groups excluding carboxylic acids is 6. The molecule has 2 aromatic rings. The first-order chi connectivity index (χ1) is 29.9. The van der Waals surface area contributed by atoms with Crippen LogP contribution >= 0.6 is 0 Å². The van der Waals surface area contributed by atoms with Crippen molar-refractivity contribution in [1.29, 1.82) is 0 Å². The van der Waals surface area contributed by atoms with Crippen LogP contribution < -0.4 is 16.0 Å². The third-order valence-corrected chi connectivity index (χ3v) is 12.5. The summed E-state index contributed by atoms with van der Waals surface area (Å²) in [7, 11) is 7.77. The van der Waals surface area contributed by atoms with Crippen molar-refractivity contribution in [3.63, 3.8) is 0 Å². The number of benzene rings is 2. The summed E-state index contributed by atoms with van der Waals surface area (Å²) in [5.41, 5.74) is 1.71. The average molecular weight is 879 g/mol.